The summed E-state index contributed by atoms with van der Waals surface area (Å²) >= 11 is 0. The molecule has 4 aromatic heterocycles. The molecule has 0 radical (unpaired) electrons. The van der Waals surface area contributed by atoms with Crippen LogP contribution in [0.25, 0.3) is 27.8 Å². The van der Waals surface area contributed by atoms with Crippen LogP contribution in [0, 0.1) is 6.92 Å². The molecule has 0 aliphatic heterocycles. The molecule has 2 aliphatic carbocycles. The lowest BCUT2D eigenvalue weighted by atomic mass is 9.87. The van der Waals surface area contributed by atoms with Gasteiger partial charge < -0.3 is 14.8 Å². The summed E-state index contributed by atoms with van der Waals surface area (Å²) in [5.41, 5.74) is 4.07. The van der Waals surface area contributed by atoms with E-state index in [1.807, 2.05) is 40.5 Å². The van der Waals surface area contributed by atoms with Crippen molar-refractivity contribution >= 4 is 22.6 Å². The van der Waals surface area contributed by atoms with Crippen molar-refractivity contribution in [3.05, 3.63) is 36.5 Å². The standard InChI is InChI=1S/C25H30F2N8/c1-15-30-23-21(35(15)19-11-25(26,27)12-19)10-16(13-28-23)20-8-9-34-22(20)14-29-24(32-34)31-17-4-6-18(7-5-17)33(2)3/h8-10,13-14,17-19H,4-7,11-12H2,1-3H3,(H,31,32). The van der Waals surface area contributed by atoms with E-state index in [1.54, 1.807) is 6.20 Å². The van der Waals surface area contributed by atoms with Crippen LogP contribution in [0.2, 0.25) is 0 Å². The Kier molecular flexibility index (Phi) is 5.24. The molecule has 2 aliphatic rings. The number of hydrogen-bond donors (Lipinski definition) is 1. The topological polar surface area (TPSA) is 76.2 Å². The second kappa shape index (κ2) is 8.22. The number of anilines is 1. The first-order valence-electron chi connectivity index (χ1n) is 12.3. The Balaban J connectivity index is 1.25. The molecular formula is C25H30F2N8. The van der Waals surface area contributed by atoms with Crippen LogP contribution in [-0.2, 0) is 0 Å². The number of aromatic nitrogens is 6. The van der Waals surface area contributed by atoms with Crippen molar-refractivity contribution in [3.63, 3.8) is 0 Å². The van der Waals surface area contributed by atoms with Crippen molar-refractivity contribution in [2.75, 3.05) is 19.4 Å². The molecule has 4 heterocycles. The van der Waals surface area contributed by atoms with Gasteiger partial charge in [0.2, 0.25) is 5.95 Å². The van der Waals surface area contributed by atoms with Crippen LogP contribution < -0.4 is 5.32 Å². The van der Waals surface area contributed by atoms with Crippen LogP contribution in [0.4, 0.5) is 14.7 Å². The third-order valence-corrected chi connectivity index (χ3v) is 7.64. The summed E-state index contributed by atoms with van der Waals surface area (Å²) in [6.07, 6.45) is 9.77. The van der Waals surface area contributed by atoms with Crippen molar-refractivity contribution in [1.29, 1.82) is 0 Å². The average molecular weight is 481 g/mol. The SMILES string of the molecule is Cc1nc2ncc(-c3ccn4nc(NC5CCC(N(C)C)CC5)ncc34)cc2n1C1CC(F)(F)C1. The highest BCUT2D eigenvalue weighted by atomic mass is 19.3. The lowest BCUT2D eigenvalue weighted by Crippen LogP contribution is -2.37. The van der Waals surface area contributed by atoms with Crippen molar-refractivity contribution in [2.24, 2.45) is 0 Å². The number of rotatable bonds is 5. The van der Waals surface area contributed by atoms with E-state index in [1.165, 1.54) is 12.8 Å². The van der Waals surface area contributed by atoms with Gasteiger partial charge in [0.25, 0.3) is 5.92 Å². The Morgan fingerprint density at radius 2 is 1.83 bits per heavy atom. The van der Waals surface area contributed by atoms with Crippen molar-refractivity contribution in [3.8, 4) is 11.1 Å². The van der Waals surface area contributed by atoms with E-state index in [2.05, 4.69) is 44.4 Å². The number of hydrogen-bond acceptors (Lipinski definition) is 6. The highest BCUT2D eigenvalue weighted by Gasteiger charge is 2.47. The fourth-order valence-corrected chi connectivity index (χ4v) is 5.64. The molecule has 0 atom stereocenters. The average Bonchev–Trinajstić information content (AvgIpc) is 3.37. The summed E-state index contributed by atoms with van der Waals surface area (Å²) in [6.45, 7) is 1.85. The van der Waals surface area contributed by atoms with Crippen molar-refractivity contribution in [1.82, 2.24) is 34.0 Å². The summed E-state index contributed by atoms with van der Waals surface area (Å²) in [5, 5.41) is 8.18. The molecular weight excluding hydrogens is 450 g/mol. The van der Waals surface area contributed by atoms with Gasteiger partial charge in [-0.1, -0.05) is 0 Å². The molecule has 0 spiro atoms. The molecule has 0 bridgehead atoms. The number of halogens is 2. The van der Waals surface area contributed by atoms with Crippen LogP contribution >= 0.6 is 0 Å². The minimum Gasteiger partial charge on any atom is -0.350 e. The quantitative estimate of drug-likeness (QED) is 0.446. The van der Waals surface area contributed by atoms with E-state index < -0.39 is 5.92 Å². The van der Waals surface area contributed by atoms with E-state index in [0.29, 0.717) is 29.5 Å². The van der Waals surface area contributed by atoms with Gasteiger partial charge in [-0.15, -0.1) is 5.10 Å². The first-order valence-corrected chi connectivity index (χ1v) is 12.3. The van der Waals surface area contributed by atoms with Gasteiger partial charge in [0.1, 0.15) is 5.82 Å². The molecule has 1 N–H and O–H groups in total. The fraction of sp³-hybridized carbons (Fsp3) is 0.520. The van der Waals surface area contributed by atoms with Gasteiger partial charge in [-0.25, -0.2) is 28.2 Å². The van der Waals surface area contributed by atoms with Crippen molar-refractivity contribution in [2.45, 2.75) is 69.5 Å². The normalized spacial score (nSPS) is 22.7. The molecule has 0 saturated heterocycles. The van der Waals surface area contributed by atoms with Gasteiger partial charge in [0.15, 0.2) is 5.65 Å². The summed E-state index contributed by atoms with van der Waals surface area (Å²) in [7, 11) is 4.29. The van der Waals surface area contributed by atoms with Crippen LogP contribution in [0.1, 0.15) is 50.4 Å². The molecule has 6 rings (SSSR count). The number of aryl methyl sites for hydroxylation is 1. The molecule has 2 saturated carbocycles. The second-order valence-corrected chi connectivity index (χ2v) is 10.3. The first-order chi connectivity index (χ1) is 16.8. The lowest BCUT2D eigenvalue weighted by molar-refractivity contribution is -0.103. The van der Waals surface area contributed by atoms with Gasteiger partial charge in [0, 0.05) is 54.5 Å². The number of nitrogens with zero attached hydrogens (tertiary/aromatic N) is 7. The third-order valence-electron chi connectivity index (χ3n) is 7.64. The van der Waals surface area contributed by atoms with Gasteiger partial charge in [0.05, 0.1) is 17.2 Å². The number of imidazole rings is 1. The van der Waals surface area contributed by atoms with Crippen LogP contribution in [0.15, 0.2) is 30.7 Å². The zero-order valence-electron chi connectivity index (χ0n) is 20.2. The molecule has 2 fully saturated rings. The van der Waals surface area contributed by atoms with Gasteiger partial charge in [-0.3, -0.25) is 0 Å². The van der Waals surface area contributed by atoms with Crippen molar-refractivity contribution < 1.29 is 8.78 Å². The van der Waals surface area contributed by atoms with E-state index in [0.717, 1.165) is 35.0 Å². The van der Waals surface area contributed by atoms with E-state index >= 15 is 0 Å². The smallest absolute Gasteiger partial charge is 0.252 e. The molecule has 0 unspecified atom stereocenters. The maximum absolute atomic E-state index is 13.5. The summed E-state index contributed by atoms with van der Waals surface area (Å²) in [6, 6.07) is 4.76. The summed E-state index contributed by atoms with van der Waals surface area (Å²) < 4.78 is 30.8. The summed E-state index contributed by atoms with van der Waals surface area (Å²) in [5.74, 6) is -1.25. The van der Waals surface area contributed by atoms with Crippen LogP contribution in [-0.4, -0.2) is 66.1 Å². The number of fused-ring (bicyclic) bond motifs is 2. The Hall–Kier alpha value is -3.14. The second-order valence-electron chi connectivity index (χ2n) is 10.3. The Labute approximate surface area is 202 Å². The van der Waals surface area contributed by atoms with E-state index in [9.17, 15) is 8.78 Å². The molecule has 10 heteroatoms. The Bertz CT molecular complexity index is 1380. The molecule has 8 nitrogen and oxygen atoms in total. The molecule has 0 aromatic carbocycles. The first kappa shape index (κ1) is 22.3. The summed E-state index contributed by atoms with van der Waals surface area (Å²) in [4.78, 5) is 15.9. The number of pyridine rings is 1. The minimum absolute atomic E-state index is 0.154. The maximum Gasteiger partial charge on any atom is 0.252 e. The van der Waals surface area contributed by atoms with E-state index in [-0.39, 0.29) is 18.9 Å². The van der Waals surface area contributed by atoms with Crippen LogP contribution in [0.5, 0.6) is 0 Å². The number of nitrogens with one attached hydrogen (secondary N) is 1. The van der Waals surface area contributed by atoms with Gasteiger partial charge in [-0.2, -0.15) is 0 Å². The highest BCUT2D eigenvalue weighted by molar-refractivity contribution is 5.85. The highest BCUT2D eigenvalue weighted by Crippen LogP contribution is 2.47. The zero-order valence-corrected chi connectivity index (χ0v) is 20.2. The molecule has 184 valence electrons. The number of alkyl halides is 2. The molecule has 0 amide bonds. The largest absolute Gasteiger partial charge is 0.350 e. The third kappa shape index (κ3) is 4.03. The Morgan fingerprint density at radius 1 is 1.06 bits per heavy atom. The predicted molar refractivity (Wildman–Crippen MR) is 131 cm³/mol. The fourth-order valence-electron chi connectivity index (χ4n) is 5.64. The minimum atomic E-state index is -2.59. The van der Waals surface area contributed by atoms with Gasteiger partial charge >= 0.3 is 0 Å². The molecule has 4 aromatic rings. The maximum atomic E-state index is 13.5. The Morgan fingerprint density at radius 3 is 2.54 bits per heavy atom. The zero-order chi connectivity index (χ0) is 24.3. The lowest BCUT2D eigenvalue weighted by Gasteiger charge is -2.36. The molecule has 35 heavy (non-hydrogen) atoms. The van der Waals surface area contributed by atoms with Gasteiger partial charge in [-0.05, 0) is 58.8 Å². The van der Waals surface area contributed by atoms with Crippen LogP contribution in [0.3, 0.4) is 0 Å². The van der Waals surface area contributed by atoms with E-state index in [4.69, 9.17) is 0 Å². The monoisotopic (exact) mass is 480 g/mol. The predicted octanol–water partition coefficient (Wildman–Crippen LogP) is 4.70.